The average Bonchev–Trinajstić information content (AvgIpc) is 2.63. The van der Waals surface area contributed by atoms with Crippen molar-refractivity contribution in [3.8, 4) is 0 Å². The predicted octanol–water partition coefficient (Wildman–Crippen LogP) is 1.75. The second-order valence-electron chi connectivity index (χ2n) is 10.2. The summed E-state index contributed by atoms with van der Waals surface area (Å²) in [6.07, 6.45) is 0. The summed E-state index contributed by atoms with van der Waals surface area (Å²) in [5.41, 5.74) is 2.01. The number of nitrogens with zero attached hydrogens (tertiary/aromatic N) is 2. The number of ketones is 2. The third-order valence-electron chi connectivity index (χ3n) is 4.82. The number of nitrogens with one attached hydrogen (secondary N) is 2. The molecule has 3 rings (SSSR count). The summed E-state index contributed by atoms with van der Waals surface area (Å²) in [5.74, 6) is -0.938. The largest absolute Gasteiger partial charge is 0.323 e. The van der Waals surface area contributed by atoms with E-state index >= 15 is 0 Å². The van der Waals surface area contributed by atoms with Crippen molar-refractivity contribution >= 4 is 34.8 Å². The number of carbonyl (C=O) groups is 4. The Bertz CT molecular complexity index is 1030. The highest BCUT2D eigenvalue weighted by Gasteiger charge is 2.30. The Kier molecular flexibility index (Phi) is 6.04. The van der Waals surface area contributed by atoms with E-state index in [1.807, 2.05) is 42.3 Å². The molecule has 0 saturated carbocycles. The maximum Gasteiger partial charge on any atom is 0.279 e. The van der Waals surface area contributed by atoms with Crippen LogP contribution in [0, 0.1) is 0 Å². The summed E-state index contributed by atoms with van der Waals surface area (Å²) < 4.78 is 0.935. The summed E-state index contributed by atoms with van der Waals surface area (Å²) in [6.45, 7) is 0.546. The molecule has 2 aromatic carbocycles. The zero-order valence-electron chi connectivity index (χ0n) is 19.4. The topological polar surface area (TPSA) is 92.3 Å². The van der Waals surface area contributed by atoms with E-state index in [-0.39, 0.29) is 58.7 Å². The lowest BCUT2D eigenvalue weighted by Gasteiger charge is -2.24. The average molecular weight is 439 g/mol. The molecule has 0 unspecified atom stereocenters. The van der Waals surface area contributed by atoms with Crippen LogP contribution in [0.4, 0.5) is 11.4 Å². The van der Waals surface area contributed by atoms with Crippen LogP contribution in [0.15, 0.2) is 36.4 Å². The Balaban J connectivity index is 1.85. The predicted molar refractivity (Wildman–Crippen MR) is 123 cm³/mol. The van der Waals surface area contributed by atoms with Crippen LogP contribution in [0.5, 0.6) is 0 Å². The minimum Gasteiger partial charge on any atom is -0.323 e. The van der Waals surface area contributed by atoms with Crippen LogP contribution in [0.1, 0.15) is 31.8 Å². The van der Waals surface area contributed by atoms with Gasteiger partial charge in [-0.05, 0) is 36.4 Å². The number of fused-ring (bicyclic) bond motifs is 2. The minimum atomic E-state index is -0.290. The third-order valence-corrected chi connectivity index (χ3v) is 4.82. The van der Waals surface area contributed by atoms with Crippen LogP contribution >= 0.6 is 0 Å². The lowest BCUT2D eigenvalue weighted by Crippen LogP contribution is -2.41. The molecule has 0 spiro atoms. The zero-order valence-corrected chi connectivity index (χ0v) is 19.4. The maximum atomic E-state index is 13.1. The lowest BCUT2D eigenvalue weighted by molar-refractivity contribution is -0.861. The van der Waals surface area contributed by atoms with Crippen LogP contribution in [-0.2, 0) is 9.59 Å². The number of benzene rings is 2. The first-order valence-corrected chi connectivity index (χ1v) is 10.3. The fraction of sp³-hybridized carbons (Fsp3) is 0.333. The van der Waals surface area contributed by atoms with Crippen LogP contribution in [0.3, 0.4) is 0 Å². The quantitative estimate of drug-likeness (QED) is 0.574. The first kappa shape index (κ1) is 23.3. The first-order chi connectivity index (χ1) is 14.7. The van der Waals surface area contributed by atoms with Gasteiger partial charge in [0.2, 0.25) is 0 Å². The van der Waals surface area contributed by atoms with Crippen molar-refractivity contribution in [3.05, 3.63) is 58.7 Å². The van der Waals surface area contributed by atoms with Gasteiger partial charge in [0.25, 0.3) is 11.8 Å². The highest BCUT2D eigenvalue weighted by Crippen LogP contribution is 2.31. The second kappa shape index (κ2) is 8.29. The lowest BCUT2D eigenvalue weighted by atomic mass is 9.83. The Labute approximate surface area is 188 Å². The SMILES string of the molecule is C[N+](C)(C)CC(=O)Nc1ccc2c(c1)C(=O)c1ccc(NC(=O)C[N+](C)(C)C)cc1C2=O. The van der Waals surface area contributed by atoms with E-state index in [1.165, 1.54) is 0 Å². The molecule has 0 bridgehead atoms. The van der Waals surface area contributed by atoms with Crippen molar-refractivity contribution in [3.63, 3.8) is 0 Å². The fourth-order valence-electron chi connectivity index (χ4n) is 3.57. The van der Waals surface area contributed by atoms with Gasteiger partial charge in [0.1, 0.15) is 0 Å². The molecule has 0 fully saturated rings. The van der Waals surface area contributed by atoms with Crippen molar-refractivity contribution in [2.24, 2.45) is 0 Å². The first-order valence-electron chi connectivity index (χ1n) is 10.3. The molecule has 0 aromatic heterocycles. The number of likely N-dealkylation sites (N-methyl/N-ethyl adjacent to an activating group) is 2. The molecule has 1 aliphatic carbocycles. The van der Waals surface area contributed by atoms with Crippen LogP contribution < -0.4 is 10.6 Å². The smallest absolute Gasteiger partial charge is 0.279 e. The van der Waals surface area contributed by atoms with Gasteiger partial charge >= 0.3 is 0 Å². The van der Waals surface area contributed by atoms with E-state index in [2.05, 4.69) is 10.6 Å². The number of quaternary nitrogens is 2. The molecule has 0 saturated heterocycles. The molecule has 2 amide bonds. The molecule has 0 aliphatic heterocycles. The number of amides is 2. The van der Waals surface area contributed by atoms with Crippen molar-refractivity contribution in [2.45, 2.75) is 0 Å². The minimum absolute atomic E-state index is 0.179. The molecular formula is C24H30N4O4+2. The van der Waals surface area contributed by atoms with E-state index in [1.54, 1.807) is 36.4 Å². The Morgan fingerprint density at radius 1 is 0.625 bits per heavy atom. The summed E-state index contributed by atoms with van der Waals surface area (Å²) in [4.78, 5) is 50.6. The molecule has 8 heteroatoms. The molecule has 0 radical (unpaired) electrons. The number of carbonyl (C=O) groups excluding carboxylic acids is 4. The summed E-state index contributed by atoms with van der Waals surface area (Å²) in [5, 5.41) is 5.58. The summed E-state index contributed by atoms with van der Waals surface area (Å²) in [7, 11) is 11.4. The van der Waals surface area contributed by atoms with E-state index in [4.69, 9.17) is 0 Å². The van der Waals surface area contributed by atoms with Gasteiger partial charge in [-0.1, -0.05) is 0 Å². The van der Waals surface area contributed by atoms with Gasteiger partial charge < -0.3 is 19.6 Å². The Morgan fingerprint density at radius 3 is 1.28 bits per heavy atom. The zero-order chi connectivity index (χ0) is 23.8. The molecule has 2 aromatic rings. The molecule has 168 valence electrons. The van der Waals surface area contributed by atoms with Crippen LogP contribution in [0.2, 0.25) is 0 Å². The molecule has 2 N–H and O–H groups in total. The third kappa shape index (κ3) is 5.46. The van der Waals surface area contributed by atoms with Crippen molar-refractivity contribution in [2.75, 3.05) is 66.0 Å². The molecule has 1 aliphatic rings. The van der Waals surface area contributed by atoms with Gasteiger partial charge in [-0.25, -0.2) is 0 Å². The van der Waals surface area contributed by atoms with E-state index < -0.39 is 0 Å². The van der Waals surface area contributed by atoms with Gasteiger partial charge in [0.05, 0.1) is 42.3 Å². The number of hydrogen-bond donors (Lipinski definition) is 2. The second-order valence-corrected chi connectivity index (χ2v) is 10.2. The van der Waals surface area contributed by atoms with Crippen molar-refractivity contribution < 1.29 is 28.1 Å². The number of anilines is 2. The van der Waals surface area contributed by atoms with Gasteiger partial charge in [-0.15, -0.1) is 0 Å². The van der Waals surface area contributed by atoms with Gasteiger partial charge in [0, 0.05) is 33.6 Å². The molecular weight excluding hydrogens is 408 g/mol. The molecule has 8 nitrogen and oxygen atoms in total. The Hall–Kier alpha value is -3.36. The van der Waals surface area contributed by atoms with Crippen molar-refractivity contribution in [1.29, 1.82) is 0 Å². The fourth-order valence-corrected chi connectivity index (χ4v) is 3.57. The highest BCUT2D eigenvalue weighted by molar-refractivity contribution is 6.29. The number of hydrogen-bond acceptors (Lipinski definition) is 4. The van der Waals surface area contributed by atoms with Gasteiger partial charge in [0.15, 0.2) is 24.7 Å². The number of rotatable bonds is 6. The standard InChI is InChI=1S/C24H28N4O4/c1-27(2,3)13-21(29)25-15-7-9-17-19(11-15)23(31)18-10-8-16(12-20(18)24(17)32)26-22(30)14-28(4,5)6/h7-12H,13-14H2,1-6H3/p+2. The van der Waals surface area contributed by atoms with E-state index in [0.29, 0.717) is 20.3 Å². The highest BCUT2D eigenvalue weighted by atomic mass is 16.2. The Morgan fingerprint density at radius 2 is 0.969 bits per heavy atom. The molecule has 32 heavy (non-hydrogen) atoms. The monoisotopic (exact) mass is 438 g/mol. The van der Waals surface area contributed by atoms with E-state index in [0.717, 1.165) is 0 Å². The van der Waals surface area contributed by atoms with Crippen molar-refractivity contribution in [1.82, 2.24) is 0 Å². The van der Waals surface area contributed by atoms with E-state index in [9.17, 15) is 19.2 Å². The summed E-state index contributed by atoms with van der Waals surface area (Å²) >= 11 is 0. The maximum absolute atomic E-state index is 13.1. The van der Waals surface area contributed by atoms with Crippen LogP contribution in [0.25, 0.3) is 0 Å². The van der Waals surface area contributed by atoms with Crippen LogP contribution in [-0.4, -0.2) is 87.7 Å². The van der Waals surface area contributed by atoms with Gasteiger partial charge in [-0.2, -0.15) is 0 Å². The molecule has 0 heterocycles. The van der Waals surface area contributed by atoms with Gasteiger partial charge in [-0.3, -0.25) is 19.2 Å². The normalized spacial score (nSPS) is 13.3. The molecule has 0 atom stereocenters. The summed E-state index contributed by atoms with van der Waals surface area (Å²) in [6, 6.07) is 9.45.